The molecule has 1 spiro atoms. The van der Waals surface area contributed by atoms with E-state index in [1.165, 1.54) is 19.3 Å². The van der Waals surface area contributed by atoms with E-state index >= 15 is 0 Å². The Balaban J connectivity index is 1.74. The van der Waals surface area contributed by atoms with Gasteiger partial charge in [-0.2, -0.15) is 5.10 Å². The van der Waals surface area contributed by atoms with Gasteiger partial charge in [0.15, 0.2) is 5.82 Å². The molecular formula is C11H18N4O. The molecule has 1 saturated heterocycles. The number of ether oxygens (including phenoxy) is 1. The highest BCUT2D eigenvalue weighted by Gasteiger charge is 2.43. The predicted molar refractivity (Wildman–Crippen MR) is 58.7 cm³/mol. The molecule has 2 heterocycles. The van der Waals surface area contributed by atoms with E-state index in [-0.39, 0.29) is 5.60 Å². The summed E-state index contributed by atoms with van der Waals surface area (Å²) in [5, 5.41) is 4.40. The quantitative estimate of drug-likeness (QED) is 0.811. The summed E-state index contributed by atoms with van der Waals surface area (Å²) in [5.74, 6) is 0.731. The van der Waals surface area contributed by atoms with Gasteiger partial charge in [0.05, 0.1) is 18.2 Å². The Hall–Kier alpha value is -0.940. The Morgan fingerprint density at radius 2 is 2.44 bits per heavy atom. The molecule has 0 aromatic carbocycles. The lowest BCUT2D eigenvalue weighted by Crippen LogP contribution is -2.46. The Morgan fingerprint density at radius 1 is 1.56 bits per heavy atom. The molecule has 16 heavy (non-hydrogen) atoms. The summed E-state index contributed by atoms with van der Waals surface area (Å²) in [6, 6.07) is 0.446. The number of hydrogen-bond acceptors (Lipinski definition) is 4. The van der Waals surface area contributed by atoms with Crippen LogP contribution in [0.2, 0.25) is 0 Å². The van der Waals surface area contributed by atoms with E-state index in [1.54, 1.807) is 0 Å². The van der Waals surface area contributed by atoms with E-state index < -0.39 is 0 Å². The van der Waals surface area contributed by atoms with Gasteiger partial charge in [-0.05, 0) is 32.1 Å². The van der Waals surface area contributed by atoms with Crippen molar-refractivity contribution in [2.45, 2.75) is 50.3 Å². The Labute approximate surface area is 95.0 Å². The molecule has 0 bridgehead atoms. The minimum Gasteiger partial charge on any atom is -0.375 e. The van der Waals surface area contributed by atoms with Crippen LogP contribution in [0.5, 0.6) is 0 Å². The number of hydrogen-bond donors (Lipinski definition) is 1. The van der Waals surface area contributed by atoms with Gasteiger partial charge in [0, 0.05) is 6.61 Å². The monoisotopic (exact) mass is 222 g/mol. The lowest BCUT2D eigenvalue weighted by molar-refractivity contribution is -0.141. The minimum absolute atomic E-state index is 0.164. The van der Waals surface area contributed by atoms with Crippen LogP contribution in [0.1, 0.15) is 44.0 Å². The standard InChI is InChI=1S/C11H18N4O/c12-7-10-13-8-15(14-10)9-2-5-16-11(6-9)3-1-4-11/h8-9H,1-7,12H2. The van der Waals surface area contributed by atoms with Crippen LogP contribution in [0.15, 0.2) is 6.33 Å². The van der Waals surface area contributed by atoms with Crippen LogP contribution in [0.4, 0.5) is 0 Å². The molecule has 1 aromatic heterocycles. The fraction of sp³-hybridized carbons (Fsp3) is 0.818. The van der Waals surface area contributed by atoms with Crippen LogP contribution in [0.3, 0.4) is 0 Å². The van der Waals surface area contributed by atoms with Crippen LogP contribution < -0.4 is 5.73 Å². The van der Waals surface area contributed by atoms with Crippen molar-refractivity contribution in [2.24, 2.45) is 5.73 Å². The van der Waals surface area contributed by atoms with Crippen molar-refractivity contribution >= 4 is 0 Å². The highest BCUT2D eigenvalue weighted by atomic mass is 16.5. The van der Waals surface area contributed by atoms with E-state index in [1.807, 2.05) is 11.0 Å². The first-order valence-corrected chi connectivity index (χ1v) is 6.05. The lowest BCUT2D eigenvalue weighted by Gasteiger charge is -2.47. The maximum atomic E-state index is 5.90. The van der Waals surface area contributed by atoms with E-state index in [0.717, 1.165) is 25.3 Å². The molecule has 88 valence electrons. The van der Waals surface area contributed by atoms with E-state index in [2.05, 4.69) is 10.1 Å². The Morgan fingerprint density at radius 3 is 3.06 bits per heavy atom. The molecule has 0 amide bonds. The number of nitrogens with zero attached hydrogens (tertiary/aromatic N) is 3. The first-order chi connectivity index (χ1) is 7.81. The van der Waals surface area contributed by atoms with Crippen LogP contribution >= 0.6 is 0 Å². The van der Waals surface area contributed by atoms with Gasteiger partial charge in [0.25, 0.3) is 0 Å². The van der Waals surface area contributed by atoms with Crippen molar-refractivity contribution in [3.8, 4) is 0 Å². The van der Waals surface area contributed by atoms with Crippen molar-refractivity contribution in [1.82, 2.24) is 14.8 Å². The van der Waals surface area contributed by atoms with Crippen LogP contribution in [-0.2, 0) is 11.3 Å². The zero-order valence-corrected chi connectivity index (χ0v) is 9.43. The highest BCUT2D eigenvalue weighted by Crippen LogP contribution is 2.45. The largest absolute Gasteiger partial charge is 0.375 e. The second-order valence-electron chi connectivity index (χ2n) is 4.88. The smallest absolute Gasteiger partial charge is 0.164 e. The predicted octanol–water partition coefficient (Wildman–Crippen LogP) is 1.01. The molecule has 2 N–H and O–H groups in total. The Bertz CT molecular complexity index is 372. The van der Waals surface area contributed by atoms with Gasteiger partial charge in [-0.15, -0.1) is 0 Å². The molecule has 1 aliphatic heterocycles. The fourth-order valence-electron chi connectivity index (χ4n) is 2.73. The van der Waals surface area contributed by atoms with Gasteiger partial charge in [0.2, 0.25) is 0 Å². The van der Waals surface area contributed by atoms with E-state index in [4.69, 9.17) is 10.5 Å². The molecule has 1 aliphatic carbocycles. The third-order valence-corrected chi connectivity index (χ3v) is 3.84. The average molecular weight is 222 g/mol. The van der Waals surface area contributed by atoms with Gasteiger partial charge >= 0.3 is 0 Å². The molecule has 1 atom stereocenters. The van der Waals surface area contributed by atoms with Crippen LogP contribution in [0, 0.1) is 0 Å². The van der Waals surface area contributed by atoms with Crippen molar-refractivity contribution in [1.29, 1.82) is 0 Å². The van der Waals surface area contributed by atoms with Gasteiger partial charge in [-0.3, -0.25) is 0 Å². The van der Waals surface area contributed by atoms with Gasteiger partial charge in [0.1, 0.15) is 6.33 Å². The molecule has 5 heteroatoms. The summed E-state index contributed by atoms with van der Waals surface area (Å²) in [6.45, 7) is 1.27. The summed E-state index contributed by atoms with van der Waals surface area (Å²) < 4.78 is 7.88. The number of rotatable bonds is 2. The summed E-state index contributed by atoms with van der Waals surface area (Å²) in [4.78, 5) is 4.19. The molecule has 2 aliphatic rings. The molecular weight excluding hydrogens is 204 g/mol. The highest BCUT2D eigenvalue weighted by molar-refractivity contribution is 4.96. The topological polar surface area (TPSA) is 66.0 Å². The van der Waals surface area contributed by atoms with Crippen molar-refractivity contribution in [2.75, 3.05) is 6.61 Å². The van der Waals surface area contributed by atoms with Crippen LogP contribution in [0.25, 0.3) is 0 Å². The molecule has 0 radical (unpaired) electrons. The Kier molecular flexibility index (Phi) is 2.44. The summed E-state index contributed by atoms with van der Waals surface area (Å²) >= 11 is 0. The molecule has 1 aromatic rings. The third kappa shape index (κ3) is 1.64. The lowest BCUT2D eigenvalue weighted by atomic mass is 9.74. The average Bonchev–Trinajstić information content (AvgIpc) is 2.76. The van der Waals surface area contributed by atoms with Crippen molar-refractivity contribution < 1.29 is 4.74 Å². The molecule has 2 fully saturated rings. The molecule has 1 unspecified atom stereocenters. The minimum atomic E-state index is 0.164. The maximum Gasteiger partial charge on any atom is 0.164 e. The SMILES string of the molecule is NCc1ncn(C2CCOC3(CCC3)C2)n1. The maximum absolute atomic E-state index is 5.90. The van der Waals surface area contributed by atoms with Crippen LogP contribution in [-0.4, -0.2) is 27.0 Å². The summed E-state index contributed by atoms with van der Waals surface area (Å²) in [5.41, 5.74) is 5.68. The molecule has 3 rings (SSSR count). The second kappa shape index (κ2) is 3.82. The summed E-state index contributed by atoms with van der Waals surface area (Å²) in [7, 11) is 0. The summed E-state index contributed by atoms with van der Waals surface area (Å²) in [6.07, 6.45) is 7.65. The first-order valence-electron chi connectivity index (χ1n) is 6.05. The van der Waals surface area contributed by atoms with Gasteiger partial charge < -0.3 is 10.5 Å². The zero-order valence-electron chi connectivity index (χ0n) is 9.43. The molecule has 5 nitrogen and oxygen atoms in total. The zero-order chi connectivity index (χ0) is 11.0. The van der Waals surface area contributed by atoms with Gasteiger partial charge in [-0.1, -0.05) is 0 Å². The van der Waals surface area contributed by atoms with E-state index in [9.17, 15) is 0 Å². The van der Waals surface area contributed by atoms with E-state index in [0.29, 0.717) is 12.6 Å². The normalized spacial score (nSPS) is 27.9. The van der Waals surface area contributed by atoms with Gasteiger partial charge in [-0.25, -0.2) is 9.67 Å². The van der Waals surface area contributed by atoms with Crippen molar-refractivity contribution in [3.63, 3.8) is 0 Å². The first kappa shape index (κ1) is 10.2. The second-order valence-corrected chi connectivity index (χ2v) is 4.88. The fourth-order valence-corrected chi connectivity index (χ4v) is 2.73. The number of nitrogens with two attached hydrogens (primary N) is 1. The third-order valence-electron chi connectivity index (χ3n) is 3.84. The molecule has 1 saturated carbocycles. The number of aromatic nitrogens is 3. The van der Waals surface area contributed by atoms with Crippen molar-refractivity contribution in [3.05, 3.63) is 12.2 Å².